The molecule has 0 spiro atoms. The number of hydrazine groups is 1. The van der Waals surface area contributed by atoms with Crippen molar-refractivity contribution in [1.29, 1.82) is 0 Å². The van der Waals surface area contributed by atoms with Crippen LogP contribution in [0.25, 0.3) is 23.8 Å². The summed E-state index contributed by atoms with van der Waals surface area (Å²) in [5.74, 6) is 8.72. The van der Waals surface area contributed by atoms with E-state index in [2.05, 4.69) is 54.5 Å². The Labute approximate surface area is 667 Å². The van der Waals surface area contributed by atoms with Gasteiger partial charge in [-0.05, 0) is 146 Å². The second-order valence-electron chi connectivity index (χ2n) is 24.2. The van der Waals surface area contributed by atoms with Gasteiger partial charge in [0.1, 0.15) is 17.9 Å². The summed E-state index contributed by atoms with van der Waals surface area (Å²) < 4.78 is 49.6. The van der Waals surface area contributed by atoms with Gasteiger partial charge in [-0.2, -0.15) is 16.6 Å². The van der Waals surface area contributed by atoms with Crippen LogP contribution in [0.2, 0.25) is 0 Å². The number of aldehydes is 1. The second kappa shape index (κ2) is 71.0. The maximum atomic E-state index is 12.3. The number of allylic oxidation sites excluding steroid dienone is 3. The van der Waals surface area contributed by atoms with Gasteiger partial charge in [-0.15, -0.1) is 0 Å². The van der Waals surface area contributed by atoms with Gasteiger partial charge in [0.15, 0.2) is 23.1 Å². The Morgan fingerprint density at radius 2 is 0.848 bits per heavy atom. The molecule has 15 N–H and O–H groups in total. The molecule has 0 aromatic heterocycles. The number of nitrogens with two attached hydrogens (primary N) is 5. The first kappa shape index (κ1) is 105. The number of benzene rings is 4. The van der Waals surface area contributed by atoms with E-state index in [1.54, 1.807) is 97.9 Å². The van der Waals surface area contributed by atoms with Crippen LogP contribution in [0.15, 0.2) is 115 Å². The van der Waals surface area contributed by atoms with E-state index in [0.29, 0.717) is 157 Å². The molecule has 31 nitrogen and oxygen atoms in total. The Balaban J connectivity index is 0. The summed E-state index contributed by atoms with van der Waals surface area (Å²) in [5, 5.41) is 15.1. The van der Waals surface area contributed by atoms with Crippen LogP contribution >= 0.6 is 11.8 Å². The van der Waals surface area contributed by atoms with E-state index in [-0.39, 0.29) is 83.6 Å². The summed E-state index contributed by atoms with van der Waals surface area (Å²) in [5.41, 5.74) is 29.6. The number of hydrogen-bond donors (Lipinski definition) is 10. The van der Waals surface area contributed by atoms with Crippen molar-refractivity contribution in [2.24, 2.45) is 28.9 Å². The fourth-order valence-electron chi connectivity index (χ4n) is 9.13. The van der Waals surface area contributed by atoms with Crippen LogP contribution in [-0.4, -0.2) is 210 Å². The number of amides is 5. The molecule has 4 aromatic rings. The molecule has 0 radical (unpaired) electrons. The number of nitrogens with one attached hydrogen (secondary N) is 5. The van der Waals surface area contributed by atoms with Gasteiger partial charge in [-0.25, -0.2) is 4.79 Å². The average Bonchev–Trinajstić information content (AvgIpc) is 1.67. The standard InChI is InChI=1S/C31H46N6O6S.C21H32N2O5.C12H12O2.C9H8O2.C5H8O2.CH6N2.Mn.H4N2.2O/c1-23(37-32)8-9-24-10-12-25(13-11-24)30(39)34-15-5-17-42-19-21-43-20-18-41-16-4-14-33-28(38)7-3-2-6-27-29-26(22-44-27)35-31(40)36-29;1-18(24)4-5-19-6-8-20(9-7-19)21(25)23-11-3-13-27-15-17-28-16-14-26-12-2-10-22;1-9(13)3-4-11-5-7-12(8-6-11)10(2)14;1-7(11)9-4-2-8(6-10)3-5-9;1-4(6)3-5(2)7;2-1-3;;1-2;;/h8-13,26-27,29H,2-7,14-22H2,1H3,(H,33,38)(H,34,39)(H2,35,36,40);4-9H,2-3,10-17,22H2,1H3,(H,23,25);3-8H,1-2H3;2-6H,1H3;3H2,1-2H3;1-3H2;;1-2H2;;/b9-8-;5-4-;4-3-;;;;;;;. The molecular formula is C79H116MnN12O19S. The van der Waals surface area contributed by atoms with E-state index in [4.69, 9.17) is 47.4 Å². The third-order valence-electron chi connectivity index (χ3n) is 14.7. The van der Waals surface area contributed by atoms with Crippen molar-refractivity contribution in [2.45, 2.75) is 124 Å². The number of thioether (sulfide) groups is 1. The van der Waals surface area contributed by atoms with Gasteiger partial charge in [-0.3, -0.25) is 59.6 Å². The van der Waals surface area contributed by atoms with E-state index in [0.717, 1.165) is 67.3 Å². The van der Waals surface area contributed by atoms with Crippen molar-refractivity contribution >= 4 is 100 Å². The van der Waals surface area contributed by atoms with Gasteiger partial charge < -0.3 is 77.7 Å². The van der Waals surface area contributed by atoms with Crippen LogP contribution in [0.5, 0.6) is 0 Å². The molecule has 3 unspecified atom stereocenters. The van der Waals surface area contributed by atoms with Gasteiger partial charge in [-0.1, -0.05) is 91.4 Å². The van der Waals surface area contributed by atoms with E-state index in [9.17, 15) is 52.7 Å². The number of rotatable bonds is 45. The predicted octanol–water partition coefficient (Wildman–Crippen LogP) is 6.79. The number of carbonyl (C=O) groups is 11. The van der Waals surface area contributed by atoms with Gasteiger partial charge in [0.2, 0.25) is 5.91 Å². The van der Waals surface area contributed by atoms with Crippen molar-refractivity contribution in [1.82, 2.24) is 26.6 Å². The van der Waals surface area contributed by atoms with Crippen molar-refractivity contribution in [3.05, 3.63) is 165 Å². The fourth-order valence-corrected chi connectivity index (χ4v) is 10.7. The molecule has 619 valence electrons. The van der Waals surface area contributed by atoms with Crippen molar-refractivity contribution in [3.63, 3.8) is 0 Å². The maximum absolute atomic E-state index is 12.3. The van der Waals surface area contributed by atoms with Crippen molar-refractivity contribution in [3.8, 4) is 0 Å². The number of ketones is 6. The minimum absolute atomic E-state index is 0.0112. The Morgan fingerprint density at radius 1 is 0.500 bits per heavy atom. The summed E-state index contributed by atoms with van der Waals surface area (Å²) in [6.07, 6.45) is 17.2. The van der Waals surface area contributed by atoms with Crippen LogP contribution in [0.4, 0.5) is 4.79 Å². The molecule has 3 atom stereocenters. The third-order valence-corrected chi connectivity index (χ3v) is 16.2. The molecular weight excluding hydrogens is 1510 g/mol. The van der Waals surface area contributed by atoms with Gasteiger partial charge in [0.25, 0.3) is 17.5 Å². The molecule has 112 heavy (non-hydrogen) atoms. The number of ether oxygens (including phenoxy) is 6. The fraction of sp³-hybridized carbons (Fsp3) is 0.468. The zero-order valence-electron chi connectivity index (χ0n) is 65.4. The number of carbonyl (C=O) groups excluding carboxylic acids is 11. The molecule has 4 aromatic carbocycles. The Hall–Kier alpha value is -9.12. The zero-order chi connectivity index (χ0) is 84.0. The zero-order valence-corrected chi connectivity index (χ0v) is 67.4. The quantitative estimate of drug-likeness (QED) is 0.00174. The predicted molar refractivity (Wildman–Crippen MR) is 427 cm³/mol. The molecule has 2 fully saturated rings. The first-order chi connectivity index (χ1) is 53.9. The van der Waals surface area contributed by atoms with Crippen molar-refractivity contribution in [2.75, 3.05) is 118 Å². The Bertz CT molecular complexity index is 3530. The minimum atomic E-state index is -1.44. The van der Waals surface area contributed by atoms with Crippen LogP contribution in [-0.2, 0) is 74.9 Å². The molecule has 0 aliphatic carbocycles. The first-order valence-electron chi connectivity index (χ1n) is 36.3. The molecule has 2 aliphatic rings. The van der Waals surface area contributed by atoms with E-state index in [1.165, 1.54) is 53.7 Å². The van der Waals surface area contributed by atoms with E-state index >= 15 is 0 Å². The summed E-state index contributed by atoms with van der Waals surface area (Å²) >= 11 is 0.466. The first-order valence-corrected chi connectivity index (χ1v) is 38.3. The molecule has 6 rings (SSSR count). The van der Waals surface area contributed by atoms with Crippen LogP contribution in [0, 0.1) is 0 Å². The Morgan fingerprint density at radius 3 is 1.19 bits per heavy atom. The summed E-state index contributed by atoms with van der Waals surface area (Å²) in [6.45, 7) is 19.5. The molecule has 2 saturated heterocycles. The molecule has 5 amide bonds. The SMILES string of the molecule is CC(/C=C\c1ccc(C(=O)NCCCOCCOCCOCCCNC(=O)CCCCC2SCC3NC(=O)NC32)cc1)=[N+]=[N-].CC(=O)/C=C\c1ccc(C(=O)NCCCOCCOCCOCCCN)cc1.CC(=O)/C=C\c1ccc(C(C)=O)cc1.CC(=O)CC(C)=O.CC(=O)c1ccc(C=O)cc1.NCN.NN.[O]=[Mn]=[O]. The average molecular weight is 1620 g/mol. The second-order valence-corrected chi connectivity index (χ2v) is 25.6. The van der Waals surface area contributed by atoms with Crippen LogP contribution in [0.3, 0.4) is 0 Å². The topological polar surface area (TPSA) is 504 Å². The normalized spacial score (nSPS) is 13.2. The molecule has 0 saturated carbocycles. The van der Waals surface area contributed by atoms with Crippen molar-refractivity contribution < 1.29 is 108 Å². The van der Waals surface area contributed by atoms with E-state index in [1.807, 2.05) is 42.1 Å². The Kier molecular flexibility index (Phi) is 66.5. The van der Waals surface area contributed by atoms with Gasteiger partial charge in [0.05, 0.1) is 71.4 Å². The van der Waals surface area contributed by atoms with Crippen LogP contribution in [0.1, 0.15) is 175 Å². The molecule has 33 heteroatoms. The number of unbranched alkanes of at least 4 members (excludes halogenated alkanes) is 1. The van der Waals surface area contributed by atoms with Gasteiger partial charge >= 0.3 is 28.5 Å². The number of urea groups is 1. The number of nitrogens with zero attached hydrogens (tertiary/aromatic N) is 2. The van der Waals surface area contributed by atoms with Crippen LogP contribution < -0.4 is 55.5 Å². The monoisotopic (exact) mass is 1620 g/mol. The summed E-state index contributed by atoms with van der Waals surface area (Å²) in [4.78, 5) is 124. The third kappa shape index (κ3) is 58.8. The van der Waals surface area contributed by atoms with Gasteiger partial charge in [0, 0.05) is 111 Å². The summed E-state index contributed by atoms with van der Waals surface area (Å²) in [6, 6.07) is 28.4. The molecule has 2 aliphatic heterocycles. The summed E-state index contributed by atoms with van der Waals surface area (Å²) in [7, 11) is 0. The molecule has 0 bridgehead atoms. The number of fused-ring (bicyclic) bond motifs is 1. The number of hydrogen-bond acceptors (Lipinski definition) is 25. The number of Topliss-reactive ketones (excluding diaryl/α,β-unsaturated/α-hetero) is 4. The molecule has 2 heterocycles. The van der Waals surface area contributed by atoms with E-state index < -0.39 is 14.8 Å².